The minimum absolute atomic E-state index is 0.0702. The summed E-state index contributed by atoms with van der Waals surface area (Å²) in [4.78, 5) is 12.7. The van der Waals surface area contributed by atoms with E-state index in [1.165, 1.54) is 32.3 Å². The Bertz CT molecular complexity index is 941. The first kappa shape index (κ1) is 22.2. The number of carbonyl (C=O) groups is 1. The number of hydrogen-bond acceptors (Lipinski definition) is 4. The first-order valence-electron chi connectivity index (χ1n) is 8.74. The predicted molar refractivity (Wildman–Crippen MR) is 110 cm³/mol. The molecule has 0 aliphatic rings. The predicted octanol–water partition coefficient (Wildman–Crippen LogP) is 3.73. The smallest absolute Gasteiger partial charge is 0.251 e. The molecule has 1 unspecified atom stereocenters. The highest BCUT2D eigenvalue weighted by atomic mass is 35.5. The summed E-state index contributed by atoms with van der Waals surface area (Å²) in [5.74, 6) is 0.477. The molecule has 8 heteroatoms. The van der Waals surface area contributed by atoms with Crippen LogP contribution >= 0.6 is 11.6 Å². The zero-order valence-corrected chi connectivity index (χ0v) is 18.1. The summed E-state index contributed by atoms with van der Waals surface area (Å²) >= 11 is 6.06. The first-order chi connectivity index (χ1) is 13.1. The molecule has 0 saturated carbocycles. The quantitative estimate of drug-likeness (QED) is 0.734. The fourth-order valence-electron chi connectivity index (χ4n) is 2.71. The second kappa shape index (κ2) is 8.94. The maximum absolute atomic E-state index is 12.8. The van der Waals surface area contributed by atoms with Crippen LogP contribution in [0, 0.1) is 5.92 Å². The van der Waals surface area contributed by atoms with E-state index in [4.69, 9.17) is 16.3 Å². The van der Waals surface area contributed by atoms with Crippen LogP contribution in [0.1, 0.15) is 35.8 Å². The van der Waals surface area contributed by atoms with Gasteiger partial charge in [-0.3, -0.25) is 4.79 Å². The van der Waals surface area contributed by atoms with E-state index in [1.54, 1.807) is 7.11 Å². The molecular formula is C20H25ClN2O4S. The largest absolute Gasteiger partial charge is 0.497 e. The van der Waals surface area contributed by atoms with E-state index in [1.807, 2.05) is 38.1 Å². The molecule has 152 valence electrons. The van der Waals surface area contributed by atoms with Crippen LogP contribution in [-0.2, 0) is 10.0 Å². The van der Waals surface area contributed by atoms with Gasteiger partial charge in [0.25, 0.3) is 5.91 Å². The van der Waals surface area contributed by atoms with E-state index in [0.717, 1.165) is 15.6 Å². The van der Waals surface area contributed by atoms with Gasteiger partial charge in [0.1, 0.15) is 10.6 Å². The Morgan fingerprint density at radius 3 is 2.21 bits per heavy atom. The Kier molecular flexibility index (Phi) is 7.09. The summed E-state index contributed by atoms with van der Waals surface area (Å²) in [7, 11) is 0.660. The lowest BCUT2D eigenvalue weighted by atomic mass is 9.95. The molecule has 28 heavy (non-hydrogen) atoms. The van der Waals surface area contributed by atoms with Gasteiger partial charge in [-0.1, -0.05) is 37.6 Å². The third kappa shape index (κ3) is 4.84. The molecule has 0 spiro atoms. The van der Waals surface area contributed by atoms with Crippen molar-refractivity contribution < 1.29 is 17.9 Å². The van der Waals surface area contributed by atoms with Crippen molar-refractivity contribution in [3.8, 4) is 5.75 Å². The molecule has 0 saturated heterocycles. The SMILES string of the molecule is COc1ccc(C(NC(=O)c2ccc(Cl)c(S(=O)(=O)N(C)C)c2)C(C)C)cc1. The average Bonchev–Trinajstić information content (AvgIpc) is 2.65. The van der Waals surface area contributed by atoms with Crippen LogP contribution in [0.15, 0.2) is 47.4 Å². The number of nitrogens with one attached hydrogen (secondary N) is 1. The van der Waals surface area contributed by atoms with Gasteiger partial charge in [0, 0.05) is 19.7 Å². The summed E-state index contributed by atoms with van der Waals surface area (Å²) in [6, 6.07) is 11.5. The maximum atomic E-state index is 12.8. The summed E-state index contributed by atoms with van der Waals surface area (Å²) < 4.78 is 31.1. The molecule has 0 aromatic heterocycles. The Balaban J connectivity index is 2.34. The van der Waals surface area contributed by atoms with Crippen LogP contribution in [0.25, 0.3) is 0 Å². The van der Waals surface area contributed by atoms with E-state index in [0.29, 0.717) is 0 Å². The Labute approximate surface area is 171 Å². The zero-order chi connectivity index (χ0) is 21.1. The fourth-order valence-corrected chi connectivity index (χ4v) is 4.10. The first-order valence-corrected chi connectivity index (χ1v) is 10.6. The molecule has 0 heterocycles. The number of ether oxygens (including phenoxy) is 1. The zero-order valence-electron chi connectivity index (χ0n) is 16.6. The number of nitrogens with zero attached hydrogens (tertiary/aromatic N) is 1. The van der Waals surface area contributed by atoms with Crippen molar-refractivity contribution >= 4 is 27.5 Å². The lowest BCUT2D eigenvalue weighted by molar-refractivity contribution is 0.0925. The monoisotopic (exact) mass is 424 g/mol. The van der Waals surface area contributed by atoms with Crippen molar-refractivity contribution in [2.24, 2.45) is 5.92 Å². The molecule has 1 amide bonds. The average molecular weight is 425 g/mol. The van der Waals surface area contributed by atoms with Crippen molar-refractivity contribution in [2.75, 3.05) is 21.2 Å². The molecule has 0 bridgehead atoms. The van der Waals surface area contributed by atoms with Gasteiger partial charge in [-0.2, -0.15) is 0 Å². The number of carbonyl (C=O) groups excluding carboxylic acids is 1. The second-order valence-corrected chi connectivity index (χ2v) is 9.43. The molecule has 2 aromatic carbocycles. The van der Waals surface area contributed by atoms with Crippen LogP contribution in [-0.4, -0.2) is 39.8 Å². The highest BCUT2D eigenvalue weighted by molar-refractivity contribution is 7.89. The lowest BCUT2D eigenvalue weighted by Gasteiger charge is -2.23. The summed E-state index contributed by atoms with van der Waals surface area (Å²) in [5.41, 5.74) is 1.16. The van der Waals surface area contributed by atoms with Crippen molar-refractivity contribution in [1.82, 2.24) is 9.62 Å². The third-order valence-electron chi connectivity index (χ3n) is 4.38. The van der Waals surface area contributed by atoms with Crippen molar-refractivity contribution in [3.63, 3.8) is 0 Å². The minimum atomic E-state index is -3.76. The van der Waals surface area contributed by atoms with E-state index < -0.39 is 10.0 Å². The van der Waals surface area contributed by atoms with Gasteiger partial charge in [-0.05, 0) is 41.8 Å². The van der Waals surface area contributed by atoms with Crippen molar-refractivity contribution in [1.29, 1.82) is 0 Å². The molecule has 0 aliphatic heterocycles. The van der Waals surface area contributed by atoms with Gasteiger partial charge in [-0.15, -0.1) is 0 Å². The van der Waals surface area contributed by atoms with Crippen molar-refractivity contribution in [3.05, 3.63) is 58.6 Å². The van der Waals surface area contributed by atoms with Gasteiger partial charge in [0.15, 0.2) is 0 Å². The second-order valence-electron chi connectivity index (χ2n) is 6.90. The van der Waals surface area contributed by atoms with Crippen LogP contribution in [0.5, 0.6) is 5.75 Å². The van der Waals surface area contributed by atoms with Crippen LogP contribution in [0.2, 0.25) is 5.02 Å². The van der Waals surface area contributed by atoms with Gasteiger partial charge in [-0.25, -0.2) is 12.7 Å². The molecule has 6 nitrogen and oxygen atoms in total. The highest BCUT2D eigenvalue weighted by Gasteiger charge is 2.24. The van der Waals surface area contributed by atoms with Gasteiger partial charge < -0.3 is 10.1 Å². The van der Waals surface area contributed by atoms with E-state index in [2.05, 4.69) is 5.32 Å². The molecular weight excluding hydrogens is 400 g/mol. The highest BCUT2D eigenvalue weighted by Crippen LogP contribution is 2.27. The third-order valence-corrected chi connectivity index (χ3v) is 6.68. The Hall–Kier alpha value is -2.09. The van der Waals surface area contributed by atoms with Crippen LogP contribution < -0.4 is 10.1 Å². The number of sulfonamides is 1. The van der Waals surface area contributed by atoms with Gasteiger partial charge >= 0.3 is 0 Å². The number of amides is 1. The van der Waals surface area contributed by atoms with Crippen LogP contribution in [0.3, 0.4) is 0 Å². The molecule has 0 fully saturated rings. The number of methoxy groups -OCH3 is 1. The summed E-state index contributed by atoms with van der Waals surface area (Å²) in [6.07, 6.45) is 0. The summed E-state index contributed by atoms with van der Waals surface area (Å²) in [5, 5.41) is 3.05. The van der Waals surface area contributed by atoms with Gasteiger partial charge in [0.05, 0.1) is 18.2 Å². The number of rotatable bonds is 7. The Morgan fingerprint density at radius 2 is 1.71 bits per heavy atom. The summed E-state index contributed by atoms with van der Waals surface area (Å²) in [6.45, 7) is 4.00. The fraction of sp³-hybridized carbons (Fsp3) is 0.350. The Morgan fingerprint density at radius 1 is 1.11 bits per heavy atom. The van der Waals surface area contributed by atoms with E-state index in [9.17, 15) is 13.2 Å². The number of benzene rings is 2. The molecule has 2 rings (SSSR count). The molecule has 0 aliphatic carbocycles. The van der Waals surface area contributed by atoms with Crippen LogP contribution in [0.4, 0.5) is 0 Å². The number of hydrogen-bond donors (Lipinski definition) is 1. The molecule has 1 atom stereocenters. The topological polar surface area (TPSA) is 75.7 Å². The van der Waals surface area contributed by atoms with E-state index >= 15 is 0 Å². The van der Waals surface area contributed by atoms with E-state index in [-0.39, 0.29) is 33.3 Å². The molecule has 0 radical (unpaired) electrons. The van der Waals surface area contributed by atoms with Crippen molar-refractivity contribution in [2.45, 2.75) is 24.8 Å². The van der Waals surface area contributed by atoms with Gasteiger partial charge in [0.2, 0.25) is 10.0 Å². The lowest BCUT2D eigenvalue weighted by Crippen LogP contribution is -2.32. The molecule has 1 N–H and O–H groups in total. The molecule has 2 aromatic rings. The maximum Gasteiger partial charge on any atom is 0.251 e. The minimum Gasteiger partial charge on any atom is -0.497 e. The number of halogens is 1. The standard InChI is InChI=1S/C20H25ClN2O4S/c1-13(2)19(14-6-9-16(27-5)10-7-14)22-20(24)15-8-11-17(21)18(12-15)28(25,26)23(3)4/h6-13,19H,1-5H3,(H,22,24). The normalized spacial score (nSPS) is 12.9.